The lowest BCUT2D eigenvalue weighted by atomic mass is 9.81. The molecule has 0 aromatic carbocycles. The zero-order chi connectivity index (χ0) is 10.4. The Morgan fingerprint density at radius 3 is 2.64 bits per heavy atom. The molecule has 1 saturated carbocycles. The summed E-state index contributed by atoms with van der Waals surface area (Å²) in [5.74, 6) is 1.38. The summed E-state index contributed by atoms with van der Waals surface area (Å²) in [6.07, 6.45) is 6.78. The maximum atomic E-state index is 11.0. The maximum Gasteiger partial charge on any atom is 0.233 e. The predicted molar refractivity (Wildman–Crippen MR) is 57.8 cm³/mol. The van der Waals surface area contributed by atoms with Crippen molar-refractivity contribution in [2.75, 3.05) is 13.1 Å². The molecule has 0 heterocycles. The molecule has 1 unspecified atom stereocenters. The van der Waals surface area contributed by atoms with Crippen molar-refractivity contribution in [1.82, 2.24) is 5.32 Å². The van der Waals surface area contributed by atoms with Gasteiger partial charge in [-0.25, -0.2) is 0 Å². The van der Waals surface area contributed by atoms with Gasteiger partial charge in [-0.15, -0.1) is 0 Å². The average Bonchev–Trinajstić information content (AvgIpc) is 2.26. The van der Waals surface area contributed by atoms with Gasteiger partial charge in [0.05, 0.1) is 6.54 Å². The summed E-state index contributed by atoms with van der Waals surface area (Å²) >= 11 is 0. The fourth-order valence-corrected chi connectivity index (χ4v) is 2.22. The quantitative estimate of drug-likeness (QED) is 0.715. The lowest BCUT2D eigenvalue weighted by Crippen LogP contribution is -2.35. The lowest BCUT2D eigenvalue weighted by Gasteiger charge is -2.27. The third-order valence-corrected chi connectivity index (χ3v) is 3.26. The summed E-state index contributed by atoms with van der Waals surface area (Å²) in [5.41, 5.74) is 5.22. The van der Waals surface area contributed by atoms with Crippen LogP contribution in [0.5, 0.6) is 0 Å². The van der Waals surface area contributed by atoms with Crippen LogP contribution in [0.4, 0.5) is 0 Å². The molecule has 3 N–H and O–H groups in total. The van der Waals surface area contributed by atoms with Crippen LogP contribution < -0.4 is 11.1 Å². The van der Waals surface area contributed by atoms with Gasteiger partial charge in [-0.05, 0) is 11.8 Å². The van der Waals surface area contributed by atoms with Crippen LogP contribution in [0.1, 0.15) is 39.0 Å². The number of rotatable bonds is 4. The second kappa shape index (κ2) is 6.02. The Labute approximate surface area is 86.4 Å². The summed E-state index contributed by atoms with van der Waals surface area (Å²) < 4.78 is 0. The minimum atomic E-state index is -0.0346. The second-order valence-corrected chi connectivity index (χ2v) is 4.38. The van der Waals surface area contributed by atoms with E-state index in [4.69, 9.17) is 5.73 Å². The van der Waals surface area contributed by atoms with Crippen LogP contribution in [0, 0.1) is 11.8 Å². The van der Waals surface area contributed by atoms with Gasteiger partial charge in [-0.1, -0.05) is 39.0 Å². The molecule has 0 spiro atoms. The molecule has 3 nitrogen and oxygen atoms in total. The van der Waals surface area contributed by atoms with Crippen LogP contribution in [-0.4, -0.2) is 19.0 Å². The van der Waals surface area contributed by atoms with E-state index in [1.54, 1.807) is 0 Å². The van der Waals surface area contributed by atoms with Gasteiger partial charge in [0.1, 0.15) is 0 Å². The molecule has 82 valence electrons. The van der Waals surface area contributed by atoms with E-state index in [1.807, 2.05) is 0 Å². The van der Waals surface area contributed by atoms with Crippen LogP contribution in [0.3, 0.4) is 0 Å². The monoisotopic (exact) mass is 198 g/mol. The Kier molecular flexibility index (Phi) is 4.94. The number of carbonyl (C=O) groups excluding carboxylic acids is 1. The van der Waals surface area contributed by atoms with Crippen LogP contribution >= 0.6 is 0 Å². The summed E-state index contributed by atoms with van der Waals surface area (Å²) in [5, 5.41) is 2.87. The number of carbonyl (C=O) groups is 1. The summed E-state index contributed by atoms with van der Waals surface area (Å²) in [6.45, 7) is 3.13. The fourth-order valence-electron chi connectivity index (χ4n) is 2.22. The molecule has 0 aliphatic heterocycles. The molecular weight excluding hydrogens is 176 g/mol. The molecular formula is C11H22N2O. The van der Waals surface area contributed by atoms with Crippen molar-refractivity contribution in [3.63, 3.8) is 0 Å². The van der Waals surface area contributed by atoms with Gasteiger partial charge in [0.15, 0.2) is 0 Å². The Hall–Kier alpha value is -0.570. The number of nitrogens with one attached hydrogen (secondary N) is 1. The zero-order valence-corrected chi connectivity index (χ0v) is 9.09. The van der Waals surface area contributed by atoms with Crippen molar-refractivity contribution in [3.05, 3.63) is 0 Å². The first kappa shape index (κ1) is 11.5. The van der Waals surface area contributed by atoms with E-state index in [0.717, 1.165) is 12.5 Å². The van der Waals surface area contributed by atoms with Crippen LogP contribution in [0.2, 0.25) is 0 Å². The molecule has 1 aliphatic rings. The number of hydrogen-bond donors (Lipinski definition) is 2. The minimum absolute atomic E-state index is 0.0346. The summed E-state index contributed by atoms with van der Waals surface area (Å²) in [6, 6.07) is 0. The third kappa shape index (κ3) is 3.66. The zero-order valence-electron chi connectivity index (χ0n) is 9.09. The molecule has 0 aromatic rings. The molecule has 3 heteroatoms. The van der Waals surface area contributed by atoms with Crippen molar-refractivity contribution in [2.45, 2.75) is 39.0 Å². The Morgan fingerprint density at radius 1 is 1.43 bits per heavy atom. The third-order valence-electron chi connectivity index (χ3n) is 3.26. The highest BCUT2D eigenvalue weighted by Gasteiger charge is 2.19. The van der Waals surface area contributed by atoms with Crippen molar-refractivity contribution in [1.29, 1.82) is 0 Å². The summed E-state index contributed by atoms with van der Waals surface area (Å²) in [7, 11) is 0. The summed E-state index contributed by atoms with van der Waals surface area (Å²) in [4.78, 5) is 11.0. The molecule has 0 aromatic heterocycles. The normalized spacial score (nSPS) is 20.4. The van der Waals surface area contributed by atoms with E-state index in [0.29, 0.717) is 5.92 Å². The van der Waals surface area contributed by atoms with E-state index in [2.05, 4.69) is 12.2 Å². The lowest BCUT2D eigenvalue weighted by molar-refractivity contribution is -0.119. The van der Waals surface area contributed by atoms with Crippen molar-refractivity contribution < 1.29 is 4.79 Å². The number of amides is 1. The van der Waals surface area contributed by atoms with E-state index in [-0.39, 0.29) is 12.5 Å². The molecule has 1 aliphatic carbocycles. The smallest absolute Gasteiger partial charge is 0.233 e. The average molecular weight is 198 g/mol. The highest BCUT2D eigenvalue weighted by atomic mass is 16.1. The van der Waals surface area contributed by atoms with Gasteiger partial charge in [0.2, 0.25) is 5.91 Å². The molecule has 0 saturated heterocycles. The van der Waals surface area contributed by atoms with E-state index >= 15 is 0 Å². The van der Waals surface area contributed by atoms with Gasteiger partial charge in [0.25, 0.3) is 0 Å². The molecule has 0 bridgehead atoms. The molecule has 1 atom stereocenters. The van der Waals surface area contributed by atoms with Crippen LogP contribution in [-0.2, 0) is 4.79 Å². The topological polar surface area (TPSA) is 55.1 Å². The first-order chi connectivity index (χ1) is 6.74. The van der Waals surface area contributed by atoms with Crippen LogP contribution in [0.25, 0.3) is 0 Å². The molecule has 1 amide bonds. The molecule has 0 radical (unpaired) electrons. The Balaban J connectivity index is 2.19. The van der Waals surface area contributed by atoms with Crippen molar-refractivity contribution in [2.24, 2.45) is 17.6 Å². The van der Waals surface area contributed by atoms with E-state index < -0.39 is 0 Å². The highest BCUT2D eigenvalue weighted by Crippen LogP contribution is 2.29. The van der Waals surface area contributed by atoms with Crippen LogP contribution in [0.15, 0.2) is 0 Å². The Bertz CT molecular complexity index is 176. The predicted octanol–water partition coefficient (Wildman–Crippen LogP) is 1.28. The SMILES string of the molecule is CC(CNC(=O)CN)C1CCCCC1. The standard InChI is InChI=1S/C11H22N2O/c1-9(8-13-11(14)7-12)10-5-3-2-4-6-10/h9-10H,2-8,12H2,1H3,(H,13,14). The maximum absolute atomic E-state index is 11.0. The van der Waals surface area contributed by atoms with Crippen molar-refractivity contribution >= 4 is 5.91 Å². The first-order valence-corrected chi connectivity index (χ1v) is 5.70. The van der Waals surface area contributed by atoms with E-state index in [9.17, 15) is 4.79 Å². The number of nitrogens with two attached hydrogens (primary N) is 1. The first-order valence-electron chi connectivity index (χ1n) is 5.70. The van der Waals surface area contributed by atoms with Gasteiger partial charge in [-0.2, -0.15) is 0 Å². The van der Waals surface area contributed by atoms with Gasteiger partial charge in [0, 0.05) is 6.54 Å². The largest absolute Gasteiger partial charge is 0.355 e. The van der Waals surface area contributed by atoms with Gasteiger partial charge < -0.3 is 11.1 Å². The van der Waals surface area contributed by atoms with Gasteiger partial charge >= 0.3 is 0 Å². The molecule has 14 heavy (non-hydrogen) atoms. The number of hydrogen-bond acceptors (Lipinski definition) is 2. The van der Waals surface area contributed by atoms with Crippen molar-refractivity contribution in [3.8, 4) is 0 Å². The van der Waals surface area contributed by atoms with E-state index in [1.165, 1.54) is 32.1 Å². The molecule has 1 rings (SSSR count). The van der Waals surface area contributed by atoms with Gasteiger partial charge in [-0.3, -0.25) is 4.79 Å². The molecule has 1 fully saturated rings. The minimum Gasteiger partial charge on any atom is -0.355 e. The highest BCUT2D eigenvalue weighted by molar-refractivity contribution is 5.77. The Morgan fingerprint density at radius 2 is 2.07 bits per heavy atom. The fraction of sp³-hybridized carbons (Fsp3) is 0.909. The second-order valence-electron chi connectivity index (χ2n) is 4.38.